The van der Waals surface area contributed by atoms with Crippen LogP contribution in [0.4, 0.5) is 4.79 Å². The van der Waals surface area contributed by atoms with Crippen LogP contribution in [0.5, 0.6) is 0 Å². The van der Waals surface area contributed by atoms with E-state index in [4.69, 9.17) is 18.9 Å². The predicted molar refractivity (Wildman–Crippen MR) is 156 cm³/mol. The molecule has 4 rings (SSSR count). The zero-order valence-corrected chi connectivity index (χ0v) is 24.7. The molecule has 41 heavy (non-hydrogen) atoms. The van der Waals surface area contributed by atoms with Crippen LogP contribution in [-0.4, -0.2) is 79.3 Å². The van der Waals surface area contributed by atoms with E-state index < -0.39 is 5.60 Å². The first-order chi connectivity index (χ1) is 19.9. The van der Waals surface area contributed by atoms with Gasteiger partial charge in [0.05, 0.1) is 6.04 Å². The first kappa shape index (κ1) is 30.7. The largest absolute Gasteiger partial charge is 0.445 e. The minimum atomic E-state index is -1.06. The van der Waals surface area contributed by atoms with E-state index in [0.29, 0.717) is 31.8 Å². The monoisotopic (exact) mass is 565 g/mol. The van der Waals surface area contributed by atoms with Crippen molar-refractivity contribution in [2.45, 2.75) is 64.2 Å². The van der Waals surface area contributed by atoms with Crippen molar-refractivity contribution >= 4 is 17.6 Å². The zero-order chi connectivity index (χ0) is 29.2. The Morgan fingerprint density at radius 2 is 1.93 bits per heavy atom. The van der Waals surface area contributed by atoms with Gasteiger partial charge >= 0.3 is 6.09 Å². The first-order valence-corrected chi connectivity index (χ1v) is 14.4. The summed E-state index contributed by atoms with van der Waals surface area (Å²) in [5.41, 5.74) is 2.88. The Hall–Kier alpha value is -3.27. The Kier molecular flexibility index (Phi) is 10.9. The molecule has 222 valence electrons. The van der Waals surface area contributed by atoms with Crippen LogP contribution < -0.4 is 0 Å². The number of carbonyl (C=O) groups is 2. The number of hydrogen-bond donors (Lipinski definition) is 0. The van der Waals surface area contributed by atoms with E-state index in [1.54, 1.807) is 30.2 Å². The van der Waals surface area contributed by atoms with Crippen molar-refractivity contribution in [3.8, 4) is 0 Å². The molecule has 0 saturated carbocycles. The number of likely N-dealkylation sites (tertiary alicyclic amines) is 1. The Balaban J connectivity index is 1.47. The van der Waals surface area contributed by atoms with Crippen LogP contribution >= 0.6 is 0 Å². The molecule has 2 aliphatic heterocycles. The smallest absolute Gasteiger partial charge is 0.410 e. The third-order valence-corrected chi connectivity index (χ3v) is 7.70. The van der Waals surface area contributed by atoms with E-state index in [1.807, 2.05) is 42.5 Å². The molecule has 0 spiro atoms. The fraction of sp³-hybridized carbons (Fsp3) is 0.531. The highest BCUT2D eigenvalue weighted by molar-refractivity contribution is 5.93. The second kappa shape index (κ2) is 14.6. The Morgan fingerprint density at radius 3 is 2.66 bits per heavy atom. The summed E-state index contributed by atoms with van der Waals surface area (Å²) in [5, 5.41) is 0. The number of allylic oxidation sites excluding steroid dienone is 1. The summed E-state index contributed by atoms with van der Waals surface area (Å²) in [6.45, 7) is 6.00. The standard InChI is InChI=1S/C32H43N3O6/c1-24(2)18-29-32(41-23-39-4,30(36)35(29)22-38-3)20-28-19-27(13-15-33-28)26-12-8-9-16-34(17-14-26)31(37)40-21-25-10-6-5-7-11-25/h5-7,10-13,15,19,24,29H,8-9,14,16-18,20-23H2,1-4H3/b26-12+/t29-,32+/m0/s1. The summed E-state index contributed by atoms with van der Waals surface area (Å²) in [4.78, 5) is 34.5. The number of benzene rings is 1. The molecule has 2 amide bonds. The number of nitrogens with zero attached hydrogens (tertiary/aromatic N) is 3. The molecule has 2 aromatic rings. The molecule has 9 heteroatoms. The summed E-state index contributed by atoms with van der Waals surface area (Å²) in [7, 11) is 3.15. The van der Waals surface area contributed by atoms with Gasteiger partial charge in [-0.05, 0) is 60.4 Å². The number of pyridine rings is 1. The number of carbonyl (C=O) groups excluding carboxylic acids is 2. The van der Waals surface area contributed by atoms with Gasteiger partial charge in [-0.25, -0.2) is 4.79 Å². The first-order valence-electron chi connectivity index (χ1n) is 14.4. The summed E-state index contributed by atoms with van der Waals surface area (Å²) in [6, 6.07) is 13.6. The van der Waals surface area contributed by atoms with E-state index in [-0.39, 0.29) is 38.2 Å². The van der Waals surface area contributed by atoms with E-state index >= 15 is 0 Å². The highest BCUT2D eigenvalue weighted by Crippen LogP contribution is 2.41. The maximum absolute atomic E-state index is 13.5. The molecular formula is C32H43N3O6. The van der Waals surface area contributed by atoms with Gasteiger partial charge in [-0.2, -0.15) is 0 Å². The summed E-state index contributed by atoms with van der Waals surface area (Å²) < 4.78 is 22.3. The highest BCUT2D eigenvalue weighted by atomic mass is 16.7. The van der Waals surface area contributed by atoms with Crippen molar-refractivity contribution in [3.05, 3.63) is 71.6 Å². The quantitative estimate of drug-likeness (QED) is 0.263. The van der Waals surface area contributed by atoms with E-state index in [9.17, 15) is 9.59 Å². The second-order valence-electron chi connectivity index (χ2n) is 11.1. The molecular weight excluding hydrogens is 522 g/mol. The van der Waals surface area contributed by atoms with E-state index in [2.05, 4.69) is 24.9 Å². The number of rotatable bonds is 12. The van der Waals surface area contributed by atoms with E-state index in [0.717, 1.165) is 41.7 Å². The second-order valence-corrected chi connectivity index (χ2v) is 11.1. The summed E-state index contributed by atoms with van der Waals surface area (Å²) in [6.07, 6.45) is 7.28. The normalized spacial score (nSPS) is 22.5. The molecule has 1 aromatic heterocycles. The van der Waals surface area contributed by atoms with Gasteiger partial charge < -0.3 is 28.7 Å². The lowest BCUT2D eigenvalue weighted by atomic mass is 9.74. The molecule has 9 nitrogen and oxygen atoms in total. The molecule has 1 saturated heterocycles. The molecule has 0 radical (unpaired) electrons. The number of ether oxygens (including phenoxy) is 4. The zero-order valence-electron chi connectivity index (χ0n) is 24.7. The SMILES string of the molecule is COCO[C@@]1(Cc2cc(/C3=C/CCCN(C(=O)OCc4ccccc4)CC3)ccn2)C(=O)N(COC)[C@H]1CC(C)C. The molecule has 0 unspecified atom stereocenters. The molecule has 0 N–H and O–H groups in total. The fourth-order valence-electron chi connectivity index (χ4n) is 5.66. The Morgan fingerprint density at radius 1 is 1.12 bits per heavy atom. The lowest BCUT2D eigenvalue weighted by Gasteiger charge is -2.55. The van der Waals surface area contributed by atoms with Crippen LogP contribution in [0.2, 0.25) is 0 Å². The van der Waals surface area contributed by atoms with Gasteiger partial charge in [0, 0.05) is 45.6 Å². The number of β-lactam (4-membered cyclic amide) rings is 1. The van der Waals surface area contributed by atoms with Gasteiger partial charge in [0.15, 0.2) is 5.60 Å². The molecule has 0 aliphatic carbocycles. The lowest BCUT2D eigenvalue weighted by molar-refractivity contribution is -0.235. The topological polar surface area (TPSA) is 90.4 Å². The van der Waals surface area contributed by atoms with Crippen LogP contribution in [-0.2, 0) is 36.8 Å². The molecule has 2 aliphatic rings. The fourth-order valence-corrected chi connectivity index (χ4v) is 5.66. The van der Waals surface area contributed by atoms with Crippen molar-refractivity contribution in [1.29, 1.82) is 0 Å². The van der Waals surface area contributed by atoms with E-state index in [1.165, 1.54) is 0 Å². The highest BCUT2D eigenvalue weighted by Gasteiger charge is 2.62. The molecule has 3 heterocycles. The number of amides is 2. The molecule has 1 fully saturated rings. The number of hydrogen-bond acceptors (Lipinski definition) is 7. The van der Waals surface area contributed by atoms with Crippen LogP contribution in [0, 0.1) is 5.92 Å². The maximum Gasteiger partial charge on any atom is 0.410 e. The average Bonchev–Trinajstić information content (AvgIpc) is 2.96. The average molecular weight is 566 g/mol. The van der Waals surface area contributed by atoms with Crippen LogP contribution in [0.15, 0.2) is 54.7 Å². The lowest BCUT2D eigenvalue weighted by Crippen LogP contribution is -2.76. The van der Waals surface area contributed by atoms with Gasteiger partial charge in [0.1, 0.15) is 20.1 Å². The van der Waals surface area contributed by atoms with Gasteiger partial charge in [0.2, 0.25) is 0 Å². The van der Waals surface area contributed by atoms with Crippen LogP contribution in [0.25, 0.3) is 5.57 Å². The third kappa shape index (κ3) is 7.52. The van der Waals surface area contributed by atoms with Crippen molar-refractivity contribution < 1.29 is 28.5 Å². The number of methoxy groups -OCH3 is 2. The summed E-state index contributed by atoms with van der Waals surface area (Å²) >= 11 is 0. The van der Waals surface area contributed by atoms with Gasteiger partial charge in [0.25, 0.3) is 5.91 Å². The third-order valence-electron chi connectivity index (χ3n) is 7.70. The van der Waals surface area contributed by atoms with Gasteiger partial charge in [-0.3, -0.25) is 9.78 Å². The van der Waals surface area contributed by atoms with Crippen LogP contribution in [0.3, 0.4) is 0 Å². The maximum atomic E-state index is 13.5. The minimum absolute atomic E-state index is 0.0161. The number of aromatic nitrogens is 1. The summed E-state index contributed by atoms with van der Waals surface area (Å²) in [5.74, 6) is 0.253. The van der Waals surface area contributed by atoms with Crippen LogP contribution in [0.1, 0.15) is 56.4 Å². The Bertz CT molecular complexity index is 1190. The minimum Gasteiger partial charge on any atom is -0.445 e. The van der Waals surface area contributed by atoms with Crippen molar-refractivity contribution in [2.75, 3.05) is 40.8 Å². The molecule has 0 bridgehead atoms. The molecule has 1 aromatic carbocycles. The van der Waals surface area contributed by atoms with Crippen molar-refractivity contribution in [3.63, 3.8) is 0 Å². The predicted octanol–water partition coefficient (Wildman–Crippen LogP) is 5.05. The Labute approximate surface area is 243 Å². The van der Waals surface area contributed by atoms with Gasteiger partial charge in [-0.1, -0.05) is 50.3 Å². The molecule has 2 atom stereocenters. The van der Waals surface area contributed by atoms with Crippen molar-refractivity contribution in [2.24, 2.45) is 5.92 Å². The van der Waals surface area contributed by atoms with Crippen molar-refractivity contribution in [1.82, 2.24) is 14.8 Å². The van der Waals surface area contributed by atoms with Gasteiger partial charge in [-0.15, -0.1) is 0 Å².